The van der Waals surface area contributed by atoms with Gasteiger partial charge in [0.25, 0.3) is 0 Å². The first-order valence-corrected chi connectivity index (χ1v) is 9.40. The number of carbonyl (C=O) groups excluding carboxylic acids is 3. The van der Waals surface area contributed by atoms with Crippen LogP contribution in [-0.4, -0.2) is 82.5 Å². The number of carboxylic acids is 3. The Hall–Kier alpha value is -3.22. The molecule has 1 unspecified atom stereocenters. The number of carboxylic acid groups (broad SMARTS) is 3. The van der Waals surface area contributed by atoms with E-state index in [4.69, 9.17) is 21.1 Å². The number of nitrogens with two attached hydrogens (primary N) is 1. The quantitative estimate of drug-likeness (QED) is 0.176. The van der Waals surface area contributed by atoms with Gasteiger partial charge in [-0.05, 0) is 6.42 Å². The number of rotatable bonds is 12. The highest BCUT2D eigenvalue weighted by Gasteiger charge is 2.23. The van der Waals surface area contributed by atoms with Crippen LogP contribution in [0.1, 0.15) is 19.3 Å². The summed E-state index contributed by atoms with van der Waals surface area (Å²) in [4.78, 5) is 67.8. The summed E-state index contributed by atoms with van der Waals surface area (Å²) in [5.41, 5.74) is 5.30. The molecule has 0 bridgehead atoms. The average Bonchev–Trinajstić information content (AvgIpc) is 2.67. The Bertz CT molecular complexity index is 745. The Kier molecular flexibility index (Phi) is 12.4. The molecule has 168 valence electrons. The summed E-state index contributed by atoms with van der Waals surface area (Å²) in [5.74, 6) is -7.91. The topological polar surface area (TPSA) is 222 Å². The van der Waals surface area contributed by atoms with Gasteiger partial charge in [-0.1, -0.05) is 5.18 Å². The molecule has 0 spiro atoms. The van der Waals surface area contributed by atoms with Gasteiger partial charge in [0, 0.05) is 12.2 Å². The first-order valence-electron chi connectivity index (χ1n) is 8.42. The third-order valence-corrected chi connectivity index (χ3v) is 4.39. The SMILES string of the molecule is COC(=O)CC(C#SC[C@H](NC(=O)CC[C@H](N)C(=O)O)C(=O)NCC(=O)O)C(=O)O. The highest BCUT2D eigenvalue weighted by molar-refractivity contribution is 7.88. The van der Waals surface area contributed by atoms with Crippen LogP contribution in [0, 0.1) is 11.1 Å². The average molecular weight is 449 g/mol. The minimum atomic E-state index is -1.36. The zero-order valence-electron chi connectivity index (χ0n) is 16.0. The second-order valence-electron chi connectivity index (χ2n) is 5.81. The Morgan fingerprint density at radius 2 is 1.73 bits per heavy atom. The normalized spacial score (nSPS) is 13.0. The van der Waals surface area contributed by atoms with Crippen molar-refractivity contribution in [2.45, 2.75) is 31.3 Å². The number of aliphatic carboxylic acids is 3. The molecule has 7 N–H and O–H groups in total. The summed E-state index contributed by atoms with van der Waals surface area (Å²) < 4.78 is 4.39. The molecular formula is C16H23N3O10S. The van der Waals surface area contributed by atoms with E-state index in [9.17, 15) is 28.8 Å². The molecule has 0 heterocycles. The number of ether oxygens (including phenoxy) is 1. The summed E-state index contributed by atoms with van der Waals surface area (Å²) >= 11 is 0.704. The monoisotopic (exact) mass is 449 g/mol. The van der Waals surface area contributed by atoms with Crippen LogP contribution in [0.25, 0.3) is 0 Å². The maximum absolute atomic E-state index is 12.1. The Labute approximate surface area is 174 Å². The molecule has 0 saturated carbocycles. The number of hydrogen-bond donors (Lipinski definition) is 6. The highest BCUT2D eigenvalue weighted by atomic mass is 32.1. The summed E-state index contributed by atoms with van der Waals surface area (Å²) in [7, 11) is 1.09. The number of amides is 2. The van der Waals surface area contributed by atoms with Crippen LogP contribution >= 0.6 is 11.2 Å². The first-order chi connectivity index (χ1) is 14.0. The van der Waals surface area contributed by atoms with Gasteiger partial charge in [-0.15, -0.1) is 11.2 Å². The molecule has 0 rings (SSSR count). The van der Waals surface area contributed by atoms with Crippen molar-refractivity contribution >= 4 is 46.9 Å². The van der Waals surface area contributed by atoms with Gasteiger partial charge >= 0.3 is 23.9 Å². The van der Waals surface area contributed by atoms with Crippen molar-refractivity contribution in [2.24, 2.45) is 11.7 Å². The van der Waals surface area contributed by atoms with E-state index < -0.39 is 66.7 Å². The third-order valence-electron chi connectivity index (χ3n) is 3.44. The third kappa shape index (κ3) is 11.6. The van der Waals surface area contributed by atoms with Crippen LogP contribution in [0.15, 0.2) is 0 Å². The van der Waals surface area contributed by atoms with E-state index in [0.717, 1.165) is 7.11 Å². The molecule has 0 radical (unpaired) electrons. The molecule has 14 heteroatoms. The van der Waals surface area contributed by atoms with E-state index in [-0.39, 0.29) is 18.6 Å². The van der Waals surface area contributed by atoms with Crippen molar-refractivity contribution in [1.29, 1.82) is 0 Å². The summed E-state index contributed by atoms with van der Waals surface area (Å²) in [6, 6.07) is -2.55. The zero-order chi connectivity index (χ0) is 23.3. The van der Waals surface area contributed by atoms with Crippen LogP contribution in [0.4, 0.5) is 0 Å². The molecule has 0 aromatic rings. The van der Waals surface area contributed by atoms with Gasteiger partial charge < -0.3 is 36.4 Å². The lowest BCUT2D eigenvalue weighted by Crippen LogP contribution is -2.49. The van der Waals surface area contributed by atoms with E-state index >= 15 is 0 Å². The predicted molar refractivity (Wildman–Crippen MR) is 102 cm³/mol. The van der Waals surface area contributed by atoms with Crippen molar-refractivity contribution in [2.75, 3.05) is 19.4 Å². The molecule has 2 amide bonds. The van der Waals surface area contributed by atoms with Gasteiger partial charge in [0.15, 0.2) is 0 Å². The molecule has 0 aromatic heterocycles. The molecule has 30 heavy (non-hydrogen) atoms. The minimum absolute atomic E-state index is 0.198. The fourth-order valence-electron chi connectivity index (χ4n) is 1.81. The number of methoxy groups -OCH3 is 1. The maximum atomic E-state index is 12.1. The smallest absolute Gasteiger partial charge is 0.322 e. The van der Waals surface area contributed by atoms with Crippen LogP contribution < -0.4 is 16.4 Å². The zero-order valence-corrected chi connectivity index (χ0v) is 16.8. The first kappa shape index (κ1) is 26.8. The van der Waals surface area contributed by atoms with Crippen molar-refractivity contribution in [1.82, 2.24) is 10.6 Å². The van der Waals surface area contributed by atoms with Gasteiger partial charge in [0.05, 0.1) is 13.5 Å². The van der Waals surface area contributed by atoms with Crippen LogP contribution in [0.2, 0.25) is 0 Å². The summed E-state index contributed by atoms with van der Waals surface area (Å²) in [6.45, 7) is -0.715. The number of hydrogen-bond acceptors (Lipinski definition) is 8. The molecule has 0 aliphatic carbocycles. The van der Waals surface area contributed by atoms with Gasteiger partial charge in [-0.25, -0.2) is 0 Å². The number of esters is 1. The van der Waals surface area contributed by atoms with E-state index in [1.54, 1.807) is 0 Å². The predicted octanol–water partition coefficient (Wildman–Crippen LogP) is -2.18. The van der Waals surface area contributed by atoms with E-state index in [1.165, 1.54) is 0 Å². The highest BCUT2D eigenvalue weighted by Crippen LogP contribution is 2.06. The fourth-order valence-corrected chi connectivity index (χ4v) is 2.69. The lowest BCUT2D eigenvalue weighted by molar-refractivity contribution is -0.148. The van der Waals surface area contributed by atoms with Crippen molar-refractivity contribution in [3.63, 3.8) is 0 Å². The Morgan fingerprint density at radius 3 is 2.23 bits per heavy atom. The molecular weight excluding hydrogens is 426 g/mol. The number of carbonyl (C=O) groups is 6. The molecule has 0 fully saturated rings. The maximum Gasteiger partial charge on any atom is 0.322 e. The summed E-state index contributed by atoms with van der Waals surface area (Å²) in [5, 5.41) is 33.3. The fraction of sp³-hybridized carbons (Fsp3) is 0.562. The second kappa shape index (κ2) is 13.9. The van der Waals surface area contributed by atoms with Gasteiger partial charge in [-0.2, -0.15) is 0 Å². The van der Waals surface area contributed by atoms with Crippen molar-refractivity contribution < 1.29 is 48.8 Å². The minimum Gasteiger partial charge on any atom is -0.480 e. The second-order valence-corrected chi connectivity index (χ2v) is 6.67. The van der Waals surface area contributed by atoms with Gasteiger partial charge in [0.1, 0.15) is 24.5 Å². The van der Waals surface area contributed by atoms with Gasteiger partial charge in [-0.3, -0.25) is 28.8 Å². The summed E-state index contributed by atoms with van der Waals surface area (Å²) in [6.07, 6.45) is -1.00. The van der Waals surface area contributed by atoms with Crippen molar-refractivity contribution in [3.8, 4) is 5.18 Å². The molecule has 13 nitrogen and oxygen atoms in total. The number of nitrogens with one attached hydrogen (secondary N) is 2. The van der Waals surface area contributed by atoms with E-state index in [2.05, 4.69) is 20.6 Å². The largest absolute Gasteiger partial charge is 0.480 e. The molecule has 0 saturated heterocycles. The molecule has 0 aliphatic heterocycles. The lowest BCUT2D eigenvalue weighted by atomic mass is 10.1. The van der Waals surface area contributed by atoms with Gasteiger partial charge in [0.2, 0.25) is 11.8 Å². The van der Waals surface area contributed by atoms with E-state index in [0.29, 0.717) is 11.2 Å². The lowest BCUT2D eigenvalue weighted by Gasteiger charge is -2.16. The molecule has 0 aliphatic rings. The van der Waals surface area contributed by atoms with Crippen LogP contribution in [0.3, 0.4) is 0 Å². The Morgan fingerprint density at radius 1 is 1.10 bits per heavy atom. The van der Waals surface area contributed by atoms with Crippen LogP contribution in [0.5, 0.6) is 0 Å². The van der Waals surface area contributed by atoms with Crippen molar-refractivity contribution in [3.05, 3.63) is 0 Å². The molecule has 0 aromatic carbocycles. The van der Waals surface area contributed by atoms with E-state index in [1.807, 2.05) is 0 Å². The molecule has 3 atom stereocenters. The Balaban J connectivity index is 5.17. The standard InChI is InChI=1S/C16H23N3O10S/c1-29-13(23)4-8(15(25)26)6-30-7-10(14(24)18-5-12(21)22)19-11(20)3-2-9(17)16(27)28/h8-10H,2-5,7,17H2,1H3,(H,18,24)(H,19,20)(H,21,22)(H,25,26)(H,27,28)/t8?,9-,10-/m0/s1. The van der Waals surface area contributed by atoms with Crippen LogP contribution in [-0.2, 0) is 33.5 Å².